The zero-order valence-electron chi connectivity index (χ0n) is 14.7. The Hall–Kier alpha value is -2.80. The molecule has 0 atom stereocenters. The van der Waals surface area contributed by atoms with Crippen molar-refractivity contribution in [2.75, 3.05) is 23.3 Å². The van der Waals surface area contributed by atoms with E-state index < -0.39 is 0 Å². The Morgan fingerprint density at radius 1 is 1.26 bits per heavy atom. The van der Waals surface area contributed by atoms with Crippen molar-refractivity contribution >= 4 is 40.7 Å². The molecule has 3 amide bonds. The van der Waals surface area contributed by atoms with Gasteiger partial charge in [-0.3, -0.25) is 14.4 Å². The van der Waals surface area contributed by atoms with Crippen LogP contribution in [-0.2, 0) is 9.59 Å². The monoisotopic (exact) mass is 389 g/mol. The molecule has 1 aliphatic heterocycles. The number of hydrogen-bond acceptors (Lipinski definition) is 4. The number of benzene rings is 1. The lowest BCUT2D eigenvalue weighted by atomic mass is 10.2. The van der Waals surface area contributed by atoms with Crippen molar-refractivity contribution in [2.24, 2.45) is 0 Å². The van der Waals surface area contributed by atoms with Crippen LogP contribution in [0.15, 0.2) is 41.0 Å². The third-order valence-corrected chi connectivity index (χ3v) is 4.51. The van der Waals surface area contributed by atoms with Crippen LogP contribution >= 0.6 is 11.6 Å². The maximum atomic E-state index is 12.0. The van der Waals surface area contributed by atoms with Crippen molar-refractivity contribution < 1.29 is 18.8 Å². The Kier molecular flexibility index (Phi) is 6.13. The minimum Gasteiger partial charge on any atom is -0.459 e. The van der Waals surface area contributed by atoms with E-state index in [1.165, 1.54) is 6.26 Å². The van der Waals surface area contributed by atoms with Gasteiger partial charge in [-0.1, -0.05) is 11.6 Å². The van der Waals surface area contributed by atoms with E-state index in [-0.39, 0.29) is 29.9 Å². The molecular formula is C19H20ClN3O4. The second-order valence-electron chi connectivity index (χ2n) is 6.20. The lowest BCUT2D eigenvalue weighted by molar-refractivity contribution is -0.117. The number of furan rings is 1. The van der Waals surface area contributed by atoms with Crippen molar-refractivity contribution in [1.29, 1.82) is 0 Å². The topological polar surface area (TPSA) is 91.7 Å². The average molecular weight is 390 g/mol. The van der Waals surface area contributed by atoms with E-state index in [9.17, 15) is 14.4 Å². The van der Waals surface area contributed by atoms with Gasteiger partial charge >= 0.3 is 0 Å². The van der Waals surface area contributed by atoms with Gasteiger partial charge < -0.3 is 20.0 Å². The largest absolute Gasteiger partial charge is 0.459 e. The molecule has 1 aromatic heterocycles. The van der Waals surface area contributed by atoms with E-state index in [0.717, 1.165) is 6.42 Å². The lowest BCUT2D eigenvalue weighted by Gasteiger charge is -2.18. The van der Waals surface area contributed by atoms with Crippen molar-refractivity contribution in [3.8, 4) is 0 Å². The molecule has 0 radical (unpaired) electrons. The smallest absolute Gasteiger partial charge is 0.286 e. The normalized spacial score (nSPS) is 13.7. The quantitative estimate of drug-likeness (QED) is 0.711. The summed E-state index contributed by atoms with van der Waals surface area (Å²) in [5.74, 6) is -0.182. The summed E-state index contributed by atoms with van der Waals surface area (Å²) < 4.78 is 4.99. The van der Waals surface area contributed by atoms with Crippen LogP contribution in [-0.4, -0.2) is 30.8 Å². The molecule has 2 aromatic rings. The first kappa shape index (κ1) is 19.0. The molecule has 1 aliphatic rings. The van der Waals surface area contributed by atoms with Crippen LogP contribution in [0.2, 0.25) is 5.02 Å². The molecule has 2 N–H and O–H groups in total. The second kappa shape index (κ2) is 8.73. The summed E-state index contributed by atoms with van der Waals surface area (Å²) in [7, 11) is 0. The van der Waals surface area contributed by atoms with E-state index >= 15 is 0 Å². The molecular weight excluding hydrogens is 370 g/mol. The molecule has 2 heterocycles. The SMILES string of the molecule is O=C(CCCNC(=O)c1ccco1)Nc1ccc(N2CCCC2=O)c(Cl)c1. The van der Waals surface area contributed by atoms with Crippen LogP contribution in [0.1, 0.15) is 36.2 Å². The number of amides is 3. The third kappa shape index (κ3) is 4.89. The second-order valence-corrected chi connectivity index (χ2v) is 6.61. The minimum absolute atomic E-state index is 0.0604. The molecule has 1 aromatic carbocycles. The first-order chi connectivity index (χ1) is 13.0. The molecule has 0 spiro atoms. The molecule has 27 heavy (non-hydrogen) atoms. The Labute approximate surface area is 161 Å². The third-order valence-electron chi connectivity index (χ3n) is 4.21. The van der Waals surface area contributed by atoms with Gasteiger partial charge in [-0.25, -0.2) is 0 Å². The van der Waals surface area contributed by atoms with Crippen LogP contribution in [0.4, 0.5) is 11.4 Å². The summed E-state index contributed by atoms with van der Waals surface area (Å²) in [5, 5.41) is 5.88. The van der Waals surface area contributed by atoms with Crippen molar-refractivity contribution in [3.63, 3.8) is 0 Å². The fourth-order valence-electron chi connectivity index (χ4n) is 2.88. The van der Waals surface area contributed by atoms with Crippen molar-refractivity contribution in [2.45, 2.75) is 25.7 Å². The molecule has 1 saturated heterocycles. The van der Waals surface area contributed by atoms with E-state index in [1.807, 2.05) is 0 Å². The number of halogens is 1. The molecule has 0 aliphatic carbocycles. The zero-order valence-corrected chi connectivity index (χ0v) is 15.4. The number of carbonyl (C=O) groups excluding carboxylic acids is 3. The van der Waals surface area contributed by atoms with Gasteiger partial charge in [0, 0.05) is 31.6 Å². The van der Waals surface area contributed by atoms with E-state index in [0.29, 0.717) is 42.3 Å². The first-order valence-corrected chi connectivity index (χ1v) is 9.14. The van der Waals surface area contributed by atoms with Gasteiger partial charge in [-0.05, 0) is 43.2 Å². The highest BCUT2D eigenvalue weighted by molar-refractivity contribution is 6.34. The number of nitrogens with zero attached hydrogens (tertiary/aromatic N) is 1. The van der Waals surface area contributed by atoms with Crippen LogP contribution < -0.4 is 15.5 Å². The Balaban J connectivity index is 1.44. The highest BCUT2D eigenvalue weighted by Gasteiger charge is 2.23. The average Bonchev–Trinajstić information content (AvgIpc) is 3.31. The molecule has 0 unspecified atom stereocenters. The number of nitrogens with one attached hydrogen (secondary N) is 2. The molecule has 8 heteroatoms. The summed E-state index contributed by atoms with van der Waals surface area (Å²) >= 11 is 6.27. The summed E-state index contributed by atoms with van der Waals surface area (Å²) in [6.45, 7) is 1.03. The molecule has 0 saturated carbocycles. The van der Waals surface area contributed by atoms with Crippen LogP contribution in [0.3, 0.4) is 0 Å². The summed E-state index contributed by atoms with van der Waals surface area (Å²) in [5.41, 5.74) is 1.23. The van der Waals surface area contributed by atoms with Crippen LogP contribution in [0.5, 0.6) is 0 Å². The maximum Gasteiger partial charge on any atom is 0.286 e. The van der Waals surface area contributed by atoms with E-state index in [1.54, 1.807) is 35.2 Å². The van der Waals surface area contributed by atoms with Crippen LogP contribution in [0.25, 0.3) is 0 Å². The minimum atomic E-state index is -0.306. The fourth-order valence-corrected chi connectivity index (χ4v) is 3.16. The predicted molar refractivity (Wildman–Crippen MR) is 102 cm³/mol. The van der Waals surface area contributed by atoms with Crippen molar-refractivity contribution in [3.05, 3.63) is 47.4 Å². The van der Waals surface area contributed by atoms with Gasteiger partial charge in [-0.15, -0.1) is 0 Å². The molecule has 1 fully saturated rings. The Morgan fingerprint density at radius 3 is 2.78 bits per heavy atom. The van der Waals surface area contributed by atoms with E-state index in [2.05, 4.69) is 10.6 Å². The summed E-state index contributed by atoms with van der Waals surface area (Å²) in [6, 6.07) is 8.32. The van der Waals surface area contributed by atoms with Crippen LogP contribution in [0, 0.1) is 0 Å². The predicted octanol–water partition coefficient (Wildman–Crippen LogP) is 3.21. The fraction of sp³-hybridized carbons (Fsp3) is 0.316. The Bertz CT molecular complexity index is 835. The molecule has 142 valence electrons. The van der Waals surface area contributed by atoms with E-state index in [4.69, 9.17) is 16.0 Å². The zero-order chi connectivity index (χ0) is 19.2. The van der Waals surface area contributed by atoms with Gasteiger partial charge in [0.25, 0.3) is 5.91 Å². The molecule has 7 nitrogen and oxygen atoms in total. The Morgan fingerprint density at radius 2 is 2.11 bits per heavy atom. The number of rotatable bonds is 7. The number of anilines is 2. The molecule has 0 bridgehead atoms. The van der Waals surface area contributed by atoms with Gasteiger partial charge in [-0.2, -0.15) is 0 Å². The summed E-state index contributed by atoms with van der Waals surface area (Å²) in [6.07, 6.45) is 3.53. The maximum absolute atomic E-state index is 12.0. The number of hydrogen-bond donors (Lipinski definition) is 2. The highest BCUT2D eigenvalue weighted by atomic mass is 35.5. The van der Waals surface area contributed by atoms with Gasteiger partial charge in [0.2, 0.25) is 11.8 Å². The van der Waals surface area contributed by atoms with Crippen molar-refractivity contribution in [1.82, 2.24) is 5.32 Å². The first-order valence-electron chi connectivity index (χ1n) is 8.76. The van der Waals surface area contributed by atoms with Gasteiger partial charge in [0.15, 0.2) is 5.76 Å². The highest BCUT2D eigenvalue weighted by Crippen LogP contribution is 2.31. The molecule has 3 rings (SSSR count). The van der Waals surface area contributed by atoms with Gasteiger partial charge in [0.05, 0.1) is 17.0 Å². The number of carbonyl (C=O) groups is 3. The standard InChI is InChI=1S/C19H20ClN3O4/c20-14-12-13(7-8-15(14)23-10-2-6-18(23)25)22-17(24)5-1-9-21-19(26)16-4-3-11-27-16/h3-4,7-8,11-12H,1-2,5-6,9-10H2,(H,21,26)(H,22,24). The van der Waals surface area contributed by atoms with Gasteiger partial charge in [0.1, 0.15) is 0 Å². The summed E-state index contributed by atoms with van der Waals surface area (Å²) in [4.78, 5) is 37.2. The lowest BCUT2D eigenvalue weighted by Crippen LogP contribution is -2.25.